The molecule has 28 heavy (non-hydrogen) atoms. The standard InChI is InChI=1S/C22H21N5O/c1-13-7-8-15-5-4-6-18-21(19(11-23)27(3)26-18)16-10-20(22(24)25-12-16)28-14(2)17(15)9-13/h4-5,7-10,12,14H,6H2,1-3H3,(H2,24,25)/b5-4-/t14-/m1/s1. The number of aryl methyl sites for hydroxylation is 2. The van der Waals surface area contributed by atoms with Crippen LogP contribution in [-0.2, 0) is 13.5 Å². The minimum Gasteiger partial charge on any atom is -0.482 e. The predicted molar refractivity (Wildman–Crippen MR) is 109 cm³/mol. The maximum Gasteiger partial charge on any atom is 0.166 e. The van der Waals surface area contributed by atoms with Gasteiger partial charge in [0.2, 0.25) is 0 Å². The molecule has 0 spiro atoms. The van der Waals surface area contributed by atoms with Crippen molar-refractivity contribution in [3.05, 3.63) is 64.6 Å². The fourth-order valence-corrected chi connectivity index (χ4v) is 3.59. The van der Waals surface area contributed by atoms with Crippen LogP contribution in [0.2, 0.25) is 0 Å². The molecular formula is C22H21N5O. The van der Waals surface area contributed by atoms with Gasteiger partial charge in [0.1, 0.15) is 17.9 Å². The van der Waals surface area contributed by atoms with Crippen LogP contribution in [0.3, 0.4) is 0 Å². The van der Waals surface area contributed by atoms with Crippen molar-refractivity contribution in [1.82, 2.24) is 14.8 Å². The van der Waals surface area contributed by atoms with Gasteiger partial charge in [-0.15, -0.1) is 0 Å². The molecule has 2 aromatic heterocycles. The predicted octanol–water partition coefficient (Wildman–Crippen LogP) is 3.95. The first kappa shape index (κ1) is 17.8. The fraction of sp³-hybridized carbons (Fsp3) is 0.227. The average Bonchev–Trinajstić information content (AvgIpc) is 2.99. The maximum absolute atomic E-state index is 9.63. The second-order valence-electron chi connectivity index (χ2n) is 7.01. The molecule has 0 unspecified atom stereocenters. The largest absolute Gasteiger partial charge is 0.482 e. The van der Waals surface area contributed by atoms with Crippen LogP contribution in [0.4, 0.5) is 5.82 Å². The molecule has 6 nitrogen and oxygen atoms in total. The highest BCUT2D eigenvalue weighted by Gasteiger charge is 2.21. The molecule has 0 fully saturated rings. The number of allylic oxidation sites excluding steroid dienone is 1. The van der Waals surface area contributed by atoms with Crippen LogP contribution in [0.5, 0.6) is 5.75 Å². The minimum atomic E-state index is -0.206. The van der Waals surface area contributed by atoms with Crippen LogP contribution >= 0.6 is 0 Å². The third kappa shape index (κ3) is 3.01. The van der Waals surface area contributed by atoms with E-state index >= 15 is 0 Å². The Kier molecular flexibility index (Phi) is 4.36. The molecule has 2 N–H and O–H groups in total. The molecule has 0 saturated heterocycles. The molecule has 1 aliphatic heterocycles. The van der Waals surface area contributed by atoms with E-state index in [2.05, 4.69) is 53.4 Å². The summed E-state index contributed by atoms with van der Waals surface area (Å²) in [6.45, 7) is 4.06. The third-order valence-corrected chi connectivity index (χ3v) is 4.99. The number of ether oxygens (including phenoxy) is 1. The zero-order chi connectivity index (χ0) is 19.8. The van der Waals surface area contributed by atoms with Gasteiger partial charge in [0.05, 0.1) is 5.69 Å². The molecular weight excluding hydrogens is 350 g/mol. The smallest absolute Gasteiger partial charge is 0.166 e. The Morgan fingerprint density at radius 2 is 2.14 bits per heavy atom. The fourth-order valence-electron chi connectivity index (χ4n) is 3.59. The lowest BCUT2D eigenvalue weighted by molar-refractivity contribution is 0.227. The van der Waals surface area contributed by atoms with Crippen molar-refractivity contribution in [2.45, 2.75) is 26.4 Å². The van der Waals surface area contributed by atoms with Crippen LogP contribution < -0.4 is 10.5 Å². The number of pyridine rings is 1. The average molecular weight is 371 g/mol. The summed E-state index contributed by atoms with van der Waals surface area (Å²) >= 11 is 0. The molecule has 1 atom stereocenters. The Bertz CT molecular complexity index is 1140. The topological polar surface area (TPSA) is 89.8 Å². The van der Waals surface area contributed by atoms with Gasteiger partial charge >= 0.3 is 0 Å². The monoisotopic (exact) mass is 371 g/mol. The first-order chi connectivity index (χ1) is 13.5. The summed E-state index contributed by atoms with van der Waals surface area (Å²) < 4.78 is 7.81. The lowest BCUT2D eigenvalue weighted by Gasteiger charge is -2.20. The Morgan fingerprint density at radius 3 is 2.93 bits per heavy atom. The Morgan fingerprint density at radius 1 is 1.32 bits per heavy atom. The van der Waals surface area contributed by atoms with E-state index in [1.165, 1.54) is 5.56 Å². The number of nitriles is 1. The molecule has 3 aromatic rings. The van der Waals surface area contributed by atoms with E-state index in [0.717, 1.165) is 27.9 Å². The zero-order valence-electron chi connectivity index (χ0n) is 16.1. The molecule has 1 aromatic carbocycles. The number of rotatable bonds is 0. The van der Waals surface area contributed by atoms with Gasteiger partial charge in [0.15, 0.2) is 11.6 Å². The van der Waals surface area contributed by atoms with Crippen LogP contribution in [-0.4, -0.2) is 14.8 Å². The number of fused-ring (bicyclic) bond motifs is 5. The van der Waals surface area contributed by atoms with Gasteiger partial charge in [-0.25, -0.2) is 4.98 Å². The number of hydrogen-bond donors (Lipinski definition) is 1. The molecule has 140 valence electrons. The molecule has 0 aliphatic carbocycles. The quantitative estimate of drug-likeness (QED) is 0.646. The Balaban J connectivity index is 1.96. The van der Waals surface area contributed by atoms with Crippen molar-refractivity contribution < 1.29 is 4.74 Å². The summed E-state index contributed by atoms with van der Waals surface area (Å²) in [6, 6.07) is 10.4. The lowest BCUT2D eigenvalue weighted by atomic mass is 9.98. The van der Waals surface area contributed by atoms with Gasteiger partial charge in [-0.05, 0) is 31.0 Å². The lowest BCUT2D eigenvalue weighted by Crippen LogP contribution is -2.08. The molecule has 0 amide bonds. The van der Waals surface area contributed by atoms with Gasteiger partial charge in [0, 0.05) is 30.8 Å². The van der Waals surface area contributed by atoms with Crippen molar-refractivity contribution in [3.8, 4) is 22.9 Å². The van der Waals surface area contributed by atoms with Crippen molar-refractivity contribution in [1.29, 1.82) is 5.26 Å². The minimum absolute atomic E-state index is 0.206. The van der Waals surface area contributed by atoms with E-state index in [1.54, 1.807) is 17.9 Å². The van der Waals surface area contributed by atoms with Gasteiger partial charge in [-0.2, -0.15) is 10.4 Å². The summed E-state index contributed by atoms with van der Waals surface area (Å²) in [6.07, 6.45) is 6.22. The highest BCUT2D eigenvalue weighted by atomic mass is 16.5. The van der Waals surface area contributed by atoms with Crippen LogP contribution in [0.25, 0.3) is 17.2 Å². The number of nitrogens with two attached hydrogens (primary N) is 1. The van der Waals surface area contributed by atoms with E-state index < -0.39 is 0 Å². The first-order valence-electron chi connectivity index (χ1n) is 9.13. The molecule has 4 rings (SSSR count). The van der Waals surface area contributed by atoms with E-state index in [9.17, 15) is 5.26 Å². The summed E-state index contributed by atoms with van der Waals surface area (Å²) in [4.78, 5) is 4.31. The van der Waals surface area contributed by atoms with Gasteiger partial charge in [-0.1, -0.05) is 35.9 Å². The third-order valence-electron chi connectivity index (χ3n) is 4.99. The number of hydrogen-bond acceptors (Lipinski definition) is 5. The summed E-state index contributed by atoms with van der Waals surface area (Å²) in [7, 11) is 1.77. The van der Waals surface area contributed by atoms with E-state index in [-0.39, 0.29) is 6.10 Å². The second kappa shape index (κ2) is 6.86. The highest BCUT2D eigenvalue weighted by molar-refractivity contribution is 5.74. The van der Waals surface area contributed by atoms with E-state index in [4.69, 9.17) is 10.5 Å². The number of benzene rings is 1. The van der Waals surface area contributed by atoms with Crippen LogP contribution in [0.15, 0.2) is 36.5 Å². The molecule has 1 aliphatic rings. The number of anilines is 1. The molecule has 0 saturated carbocycles. The number of nitrogens with zero attached hydrogens (tertiary/aromatic N) is 4. The molecule has 2 bridgehead atoms. The van der Waals surface area contributed by atoms with Gasteiger partial charge in [0.25, 0.3) is 0 Å². The van der Waals surface area contributed by atoms with Crippen molar-refractivity contribution >= 4 is 11.9 Å². The van der Waals surface area contributed by atoms with Crippen LogP contribution in [0.1, 0.15) is 41.1 Å². The summed E-state index contributed by atoms with van der Waals surface area (Å²) in [5.41, 5.74) is 12.3. The maximum atomic E-state index is 9.63. The number of aromatic nitrogens is 3. The number of nitrogen functional groups attached to an aromatic ring is 1. The van der Waals surface area contributed by atoms with Crippen molar-refractivity contribution in [2.24, 2.45) is 7.05 Å². The first-order valence-corrected chi connectivity index (χ1v) is 9.13. The van der Waals surface area contributed by atoms with Crippen LogP contribution in [0, 0.1) is 18.3 Å². The summed E-state index contributed by atoms with van der Waals surface area (Å²) in [5, 5.41) is 14.2. The summed E-state index contributed by atoms with van der Waals surface area (Å²) in [5.74, 6) is 0.821. The van der Waals surface area contributed by atoms with Crippen molar-refractivity contribution in [2.75, 3.05) is 5.73 Å². The van der Waals surface area contributed by atoms with Gasteiger partial charge < -0.3 is 10.5 Å². The normalized spacial score (nSPS) is 16.6. The molecule has 0 radical (unpaired) electrons. The Labute approximate surface area is 163 Å². The van der Waals surface area contributed by atoms with E-state index in [1.807, 2.05) is 13.0 Å². The van der Waals surface area contributed by atoms with Crippen molar-refractivity contribution in [3.63, 3.8) is 0 Å². The highest BCUT2D eigenvalue weighted by Crippen LogP contribution is 2.35. The Hall–Kier alpha value is -3.59. The molecule has 3 heterocycles. The van der Waals surface area contributed by atoms with E-state index in [0.29, 0.717) is 23.7 Å². The zero-order valence-corrected chi connectivity index (χ0v) is 16.1. The van der Waals surface area contributed by atoms with Gasteiger partial charge in [-0.3, -0.25) is 4.68 Å². The molecule has 6 heteroatoms. The SMILES string of the molecule is Cc1ccc2c(c1)[C@@H](C)Oc1cc(cnc1N)-c1c(nn(C)c1C#N)C/C=C\2. The second-order valence-corrected chi connectivity index (χ2v) is 7.01.